The Morgan fingerprint density at radius 1 is 1.12 bits per heavy atom. The molecule has 0 saturated heterocycles. The summed E-state index contributed by atoms with van der Waals surface area (Å²) in [6.07, 6.45) is 6.75. The molecule has 0 aliphatic heterocycles. The molecule has 2 saturated carbocycles. The highest BCUT2D eigenvalue weighted by molar-refractivity contribution is 9.10. The molecule has 4 rings (SSSR count). The zero-order chi connectivity index (χ0) is 18.7. The molecule has 2 amide bonds. The van der Waals surface area contributed by atoms with Crippen molar-refractivity contribution >= 4 is 27.7 Å². The number of hydrogen-bond acceptors (Lipinski definition) is 3. The smallest absolute Gasteiger partial charge is 0.229 e. The molecule has 0 unspecified atom stereocenters. The van der Waals surface area contributed by atoms with Crippen molar-refractivity contribution in [1.29, 1.82) is 0 Å². The van der Waals surface area contributed by atoms with Gasteiger partial charge in [-0.25, -0.2) is 0 Å². The number of halogens is 1. The van der Waals surface area contributed by atoms with Crippen LogP contribution in [-0.4, -0.2) is 25.4 Å². The van der Waals surface area contributed by atoms with Crippen LogP contribution in [0.4, 0.5) is 0 Å². The van der Waals surface area contributed by atoms with Crippen molar-refractivity contribution in [2.45, 2.75) is 24.7 Å². The van der Waals surface area contributed by atoms with E-state index in [0.717, 1.165) is 22.9 Å². The van der Waals surface area contributed by atoms with Crippen LogP contribution in [0.1, 0.15) is 24.8 Å². The number of carbonyl (C=O) groups is 2. The lowest BCUT2D eigenvalue weighted by Crippen LogP contribution is -2.62. The van der Waals surface area contributed by atoms with Gasteiger partial charge in [0.1, 0.15) is 0 Å². The molecular weight excluding hydrogens is 394 g/mol. The van der Waals surface area contributed by atoms with Crippen LogP contribution in [0.25, 0.3) is 0 Å². The summed E-state index contributed by atoms with van der Waals surface area (Å²) < 4.78 is 0.917. The van der Waals surface area contributed by atoms with Gasteiger partial charge >= 0.3 is 0 Å². The summed E-state index contributed by atoms with van der Waals surface area (Å²) >= 11 is 3.45. The normalized spacial score (nSPS) is 35.8. The van der Waals surface area contributed by atoms with E-state index in [1.165, 1.54) is 0 Å². The average molecular weight is 418 g/mol. The number of hydrogen-bond donors (Lipinski definition) is 3. The Kier molecular flexibility index (Phi) is 3.87. The second-order valence-corrected chi connectivity index (χ2v) is 8.86. The molecule has 1 aromatic rings. The van der Waals surface area contributed by atoms with Gasteiger partial charge in [0.15, 0.2) is 0 Å². The maximum Gasteiger partial charge on any atom is 0.229 e. The molecule has 6 heteroatoms. The first-order valence-corrected chi connectivity index (χ1v) is 9.86. The standard InChI is InChI=1S/C20H24BrN3O2/c1-24-11-10-19(16(22)25)14-6-7-15(18(14)8-9-18)20(19,17(23)26)12-2-4-13(21)5-3-12/h2-7,14-15,24H,8-11H2,1H3,(H2,22,25)(H2,23,26)/t14-,15+,19+,20-/m1/s1. The lowest BCUT2D eigenvalue weighted by molar-refractivity contribution is -0.143. The summed E-state index contributed by atoms with van der Waals surface area (Å²) in [5.41, 5.74) is 10.8. The molecule has 26 heavy (non-hydrogen) atoms. The van der Waals surface area contributed by atoms with Gasteiger partial charge in [-0.05, 0) is 61.9 Å². The first kappa shape index (κ1) is 17.7. The Hall–Kier alpha value is -1.66. The van der Waals surface area contributed by atoms with E-state index in [1.54, 1.807) is 0 Å². The molecule has 3 aliphatic carbocycles. The summed E-state index contributed by atoms with van der Waals surface area (Å²) in [6.45, 7) is 0.599. The minimum atomic E-state index is -1.10. The fourth-order valence-electron chi connectivity index (χ4n) is 6.13. The average Bonchev–Trinajstić information content (AvgIpc) is 3.27. The van der Waals surface area contributed by atoms with E-state index in [9.17, 15) is 9.59 Å². The van der Waals surface area contributed by atoms with E-state index in [0.29, 0.717) is 13.0 Å². The molecule has 1 aromatic carbocycles. The van der Waals surface area contributed by atoms with Crippen molar-refractivity contribution in [2.75, 3.05) is 13.6 Å². The molecule has 0 radical (unpaired) electrons. The number of benzene rings is 1. The van der Waals surface area contributed by atoms with Gasteiger partial charge in [-0.15, -0.1) is 0 Å². The molecule has 5 nitrogen and oxygen atoms in total. The molecule has 0 aromatic heterocycles. The molecule has 138 valence electrons. The largest absolute Gasteiger partial charge is 0.369 e. The third-order valence-corrected chi connectivity index (χ3v) is 7.69. The molecule has 1 spiro atoms. The first-order chi connectivity index (χ1) is 12.4. The van der Waals surface area contributed by atoms with Gasteiger partial charge < -0.3 is 16.8 Å². The van der Waals surface area contributed by atoms with Crippen LogP contribution in [0.3, 0.4) is 0 Å². The van der Waals surface area contributed by atoms with Gasteiger partial charge in [-0.1, -0.05) is 40.2 Å². The van der Waals surface area contributed by atoms with Crippen LogP contribution in [-0.2, 0) is 15.0 Å². The van der Waals surface area contributed by atoms with Crippen molar-refractivity contribution in [1.82, 2.24) is 5.32 Å². The van der Waals surface area contributed by atoms with E-state index < -0.39 is 22.6 Å². The Morgan fingerprint density at radius 2 is 1.73 bits per heavy atom. The summed E-state index contributed by atoms with van der Waals surface area (Å²) in [7, 11) is 1.84. The maximum atomic E-state index is 13.1. The van der Waals surface area contributed by atoms with Crippen molar-refractivity contribution < 1.29 is 9.59 Å². The number of rotatable bonds is 6. The second-order valence-electron chi connectivity index (χ2n) is 7.94. The minimum absolute atomic E-state index is 0.0398. The molecule has 2 fully saturated rings. The van der Waals surface area contributed by atoms with Crippen LogP contribution < -0.4 is 16.8 Å². The molecule has 5 N–H and O–H groups in total. The van der Waals surface area contributed by atoms with Crippen molar-refractivity contribution in [3.05, 3.63) is 46.5 Å². The van der Waals surface area contributed by atoms with Crippen LogP contribution in [0.5, 0.6) is 0 Å². The van der Waals surface area contributed by atoms with E-state index >= 15 is 0 Å². The zero-order valence-electron chi connectivity index (χ0n) is 14.8. The summed E-state index contributed by atoms with van der Waals surface area (Å²) in [5, 5.41) is 3.13. The SMILES string of the molecule is CNCC[C@@]1(C(N)=O)[C@@H]2C=C[C@@H](C23CC3)[C@@]1(C(N)=O)c1ccc(Br)cc1. The zero-order valence-corrected chi connectivity index (χ0v) is 16.4. The van der Waals surface area contributed by atoms with Gasteiger partial charge in [0.2, 0.25) is 11.8 Å². The molecular formula is C20H24BrN3O2. The summed E-state index contributed by atoms with van der Waals surface area (Å²) in [6, 6.07) is 7.63. The van der Waals surface area contributed by atoms with Crippen molar-refractivity contribution in [2.24, 2.45) is 34.1 Å². The Balaban J connectivity index is 2.03. The Labute approximate surface area is 161 Å². The molecule has 4 atom stereocenters. The lowest BCUT2D eigenvalue weighted by atomic mass is 9.52. The lowest BCUT2D eigenvalue weighted by Gasteiger charge is -2.48. The Morgan fingerprint density at radius 3 is 2.23 bits per heavy atom. The first-order valence-electron chi connectivity index (χ1n) is 9.06. The van der Waals surface area contributed by atoms with E-state index in [1.807, 2.05) is 31.3 Å². The van der Waals surface area contributed by atoms with Crippen molar-refractivity contribution in [3.8, 4) is 0 Å². The fraction of sp³-hybridized carbons (Fsp3) is 0.500. The third kappa shape index (κ3) is 1.84. The number of allylic oxidation sites excluding steroid dienone is 2. The van der Waals surface area contributed by atoms with Gasteiger partial charge in [-0.2, -0.15) is 0 Å². The monoisotopic (exact) mass is 417 g/mol. The van der Waals surface area contributed by atoms with Crippen molar-refractivity contribution in [3.63, 3.8) is 0 Å². The van der Waals surface area contributed by atoms with Crippen LogP contribution in [0, 0.1) is 22.7 Å². The number of amides is 2. The van der Waals surface area contributed by atoms with E-state index in [-0.39, 0.29) is 17.3 Å². The number of primary amides is 2. The fourth-order valence-corrected chi connectivity index (χ4v) is 6.39. The highest BCUT2D eigenvalue weighted by Gasteiger charge is 2.82. The third-order valence-electron chi connectivity index (χ3n) is 7.16. The van der Waals surface area contributed by atoms with Gasteiger partial charge in [0.05, 0.1) is 10.8 Å². The number of carbonyl (C=O) groups excluding carboxylic acids is 2. The van der Waals surface area contributed by atoms with E-state index in [2.05, 4.69) is 33.4 Å². The molecule has 3 aliphatic rings. The predicted octanol–water partition coefficient (Wildman–Crippen LogP) is 1.85. The molecule has 2 bridgehead atoms. The van der Waals surface area contributed by atoms with Crippen LogP contribution >= 0.6 is 15.9 Å². The predicted molar refractivity (Wildman–Crippen MR) is 103 cm³/mol. The molecule has 0 heterocycles. The van der Waals surface area contributed by atoms with Gasteiger partial charge in [-0.3, -0.25) is 9.59 Å². The van der Waals surface area contributed by atoms with Gasteiger partial charge in [0, 0.05) is 10.4 Å². The van der Waals surface area contributed by atoms with Gasteiger partial charge in [0.25, 0.3) is 0 Å². The van der Waals surface area contributed by atoms with E-state index in [4.69, 9.17) is 11.5 Å². The second kappa shape index (κ2) is 5.67. The Bertz CT molecular complexity index is 802. The topological polar surface area (TPSA) is 98.2 Å². The van der Waals surface area contributed by atoms with Crippen LogP contribution in [0.15, 0.2) is 40.9 Å². The number of nitrogens with one attached hydrogen (secondary N) is 1. The van der Waals surface area contributed by atoms with Crippen LogP contribution in [0.2, 0.25) is 0 Å². The maximum absolute atomic E-state index is 13.1. The summed E-state index contributed by atoms with van der Waals surface area (Å²) in [4.78, 5) is 26.2. The minimum Gasteiger partial charge on any atom is -0.369 e. The highest BCUT2D eigenvalue weighted by atomic mass is 79.9. The quantitative estimate of drug-likeness (QED) is 0.615. The highest BCUT2D eigenvalue weighted by Crippen LogP contribution is 2.80. The number of nitrogens with two attached hydrogens (primary N) is 2. The summed E-state index contributed by atoms with van der Waals surface area (Å²) in [5.74, 6) is -0.986.